The highest BCUT2D eigenvalue weighted by Crippen LogP contribution is 2.43. The standard InChI is InChI=1S/C24H22ClN3O2/c1-3-30-24(29)21-10-17(13-27-23(21)25)14-28-15(2)20(11-22(28)19-8-9-19)18-6-4-16(12-26)5-7-18/h4-7,10-11,13,19H,3,8-9,14H2,1-2H3. The number of hydrogen-bond acceptors (Lipinski definition) is 4. The summed E-state index contributed by atoms with van der Waals surface area (Å²) >= 11 is 6.12. The summed E-state index contributed by atoms with van der Waals surface area (Å²) < 4.78 is 7.39. The van der Waals surface area contributed by atoms with Crippen LogP contribution in [-0.4, -0.2) is 22.1 Å². The Hall–Kier alpha value is -3.10. The molecule has 1 saturated carbocycles. The Balaban J connectivity index is 1.71. The molecule has 0 atom stereocenters. The summed E-state index contributed by atoms with van der Waals surface area (Å²) in [5.74, 6) is 0.0994. The second kappa shape index (κ2) is 8.33. The lowest BCUT2D eigenvalue weighted by Crippen LogP contribution is -2.10. The normalized spacial score (nSPS) is 13.1. The molecule has 0 aliphatic heterocycles. The van der Waals surface area contributed by atoms with Gasteiger partial charge in [0.05, 0.1) is 23.8 Å². The van der Waals surface area contributed by atoms with Gasteiger partial charge < -0.3 is 9.30 Å². The Morgan fingerprint density at radius 2 is 2.03 bits per heavy atom. The number of pyridine rings is 1. The molecule has 1 aliphatic carbocycles. The molecule has 0 bridgehead atoms. The van der Waals surface area contributed by atoms with E-state index in [4.69, 9.17) is 21.6 Å². The zero-order valence-electron chi connectivity index (χ0n) is 17.0. The molecule has 3 aromatic rings. The molecule has 2 heterocycles. The summed E-state index contributed by atoms with van der Waals surface area (Å²) in [7, 11) is 0. The van der Waals surface area contributed by atoms with Crippen LogP contribution < -0.4 is 0 Å². The largest absolute Gasteiger partial charge is 0.462 e. The van der Waals surface area contributed by atoms with Gasteiger partial charge in [0, 0.05) is 29.7 Å². The molecular formula is C24H22ClN3O2. The summed E-state index contributed by atoms with van der Waals surface area (Å²) in [5.41, 5.74) is 6.53. The number of ether oxygens (including phenoxy) is 1. The van der Waals surface area contributed by atoms with Crippen LogP contribution in [0.3, 0.4) is 0 Å². The van der Waals surface area contributed by atoms with Gasteiger partial charge in [-0.2, -0.15) is 5.26 Å². The van der Waals surface area contributed by atoms with Gasteiger partial charge in [0.15, 0.2) is 0 Å². The number of carbonyl (C=O) groups excluding carboxylic acids is 1. The first-order valence-electron chi connectivity index (χ1n) is 10.0. The molecule has 0 spiro atoms. The van der Waals surface area contributed by atoms with Crippen molar-refractivity contribution < 1.29 is 9.53 Å². The second-order valence-electron chi connectivity index (χ2n) is 7.52. The minimum atomic E-state index is -0.457. The second-order valence-corrected chi connectivity index (χ2v) is 7.88. The van der Waals surface area contributed by atoms with Gasteiger partial charge in [-0.25, -0.2) is 9.78 Å². The van der Waals surface area contributed by atoms with Gasteiger partial charge in [-0.05, 0) is 68.0 Å². The lowest BCUT2D eigenvalue weighted by molar-refractivity contribution is 0.0526. The highest BCUT2D eigenvalue weighted by Gasteiger charge is 2.29. The predicted octanol–water partition coefficient (Wildman–Crippen LogP) is 5.49. The Morgan fingerprint density at radius 3 is 2.67 bits per heavy atom. The van der Waals surface area contributed by atoms with E-state index in [1.807, 2.05) is 24.3 Å². The van der Waals surface area contributed by atoms with Crippen molar-refractivity contribution in [1.82, 2.24) is 9.55 Å². The van der Waals surface area contributed by atoms with Crippen LogP contribution >= 0.6 is 11.6 Å². The van der Waals surface area contributed by atoms with Crippen LogP contribution in [0.1, 0.15) is 58.6 Å². The van der Waals surface area contributed by atoms with Gasteiger partial charge in [-0.1, -0.05) is 23.7 Å². The minimum absolute atomic E-state index is 0.155. The molecule has 1 aliphatic rings. The highest BCUT2D eigenvalue weighted by atomic mass is 35.5. The first kappa shape index (κ1) is 20.2. The number of nitriles is 1. The van der Waals surface area contributed by atoms with E-state index in [-0.39, 0.29) is 11.8 Å². The van der Waals surface area contributed by atoms with Crippen molar-refractivity contribution in [2.45, 2.75) is 39.2 Å². The first-order chi connectivity index (χ1) is 14.5. The van der Waals surface area contributed by atoms with Crippen LogP contribution in [0.15, 0.2) is 42.6 Å². The molecule has 0 N–H and O–H groups in total. The van der Waals surface area contributed by atoms with Crippen molar-refractivity contribution in [1.29, 1.82) is 5.26 Å². The number of hydrogen-bond donors (Lipinski definition) is 0. The van der Waals surface area contributed by atoms with Crippen molar-refractivity contribution in [3.05, 3.63) is 75.8 Å². The van der Waals surface area contributed by atoms with E-state index in [0.717, 1.165) is 22.4 Å². The SMILES string of the molecule is CCOC(=O)c1cc(Cn2c(C3CC3)cc(-c3ccc(C#N)cc3)c2C)cnc1Cl. The number of halogens is 1. The molecule has 4 rings (SSSR count). The number of carbonyl (C=O) groups is 1. The third-order valence-electron chi connectivity index (χ3n) is 5.45. The lowest BCUT2D eigenvalue weighted by Gasteiger charge is -2.13. The maximum absolute atomic E-state index is 12.2. The van der Waals surface area contributed by atoms with Gasteiger partial charge >= 0.3 is 5.97 Å². The molecule has 0 saturated heterocycles. The predicted molar refractivity (Wildman–Crippen MR) is 116 cm³/mol. The Labute approximate surface area is 180 Å². The van der Waals surface area contributed by atoms with Crippen molar-refractivity contribution >= 4 is 17.6 Å². The molecular weight excluding hydrogens is 398 g/mol. The van der Waals surface area contributed by atoms with E-state index in [2.05, 4.69) is 28.6 Å². The molecule has 0 radical (unpaired) electrons. The van der Waals surface area contributed by atoms with E-state index in [1.165, 1.54) is 18.5 Å². The van der Waals surface area contributed by atoms with Gasteiger partial charge in [-0.3, -0.25) is 0 Å². The first-order valence-corrected chi connectivity index (χ1v) is 10.4. The van der Waals surface area contributed by atoms with E-state index in [9.17, 15) is 4.79 Å². The number of nitrogens with zero attached hydrogens (tertiary/aromatic N) is 3. The van der Waals surface area contributed by atoms with Crippen LogP contribution in [0, 0.1) is 18.3 Å². The monoisotopic (exact) mass is 419 g/mol. The van der Waals surface area contributed by atoms with Crippen molar-refractivity contribution in [2.75, 3.05) is 6.61 Å². The molecule has 152 valence electrons. The van der Waals surface area contributed by atoms with Crippen molar-refractivity contribution in [3.63, 3.8) is 0 Å². The number of aromatic nitrogens is 2. The van der Waals surface area contributed by atoms with E-state index in [1.54, 1.807) is 19.2 Å². The zero-order valence-corrected chi connectivity index (χ0v) is 17.7. The number of benzene rings is 1. The van der Waals surface area contributed by atoms with Crippen LogP contribution in [0.4, 0.5) is 0 Å². The molecule has 1 aromatic carbocycles. The smallest absolute Gasteiger partial charge is 0.341 e. The third-order valence-corrected chi connectivity index (χ3v) is 5.75. The van der Waals surface area contributed by atoms with E-state index >= 15 is 0 Å². The lowest BCUT2D eigenvalue weighted by atomic mass is 10.0. The Morgan fingerprint density at radius 1 is 1.30 bits per heavy atom. The molecule has 0 amide bonds. The van der Waals surface area contributed by atoms with Crippen molar-refractivity contribution in [3.8, 4) is 17.2 Å². The zero-order chi connectivity index (χ0) is 21.3. The quantitative estimate of drug-likeness (QED) is 0.391. The molecule has 0 unspecified atom stereocenters. The fraction of sp³-hybridized carbons (Fsp3) is 0.292. The topological polar surface area (TPSA) is 67.9 Å². The van der Waals surface area contributed by atoms with Crippen LogP contribution in [0.25, 0.3) is 11.1 Å². The summed E-state index contributed by atoms with van der Waals surface area (Å²) in [6.07, 6.45) is 4.08. The Kier molecular flexibility index (Phi) is 5.61. The average molecular weight is 420 g/mol. The number of rotatable bonds is 6. The maximum Gasteiger partial charge on any atom is 0.341 e. The highest BCUT2D eigenvalue weighted by molar-refractivity contribution is 6.32. The van der Waals surface area contributed by atoms with Gasteiger partial charge in [-0.15, -0.1) is 0 Å². The molecule has 5 nitrogen and oxygen atoms in total. The van der Waals surface area contributed by atoms with E-state index in [0.29, 0.717) is 23.6 Å². The number of esters is 1. The fourth-order valence-corrected chi connectivity index (χ4v) is 3.91. The fourth-order valence-electron chi connectivity index (χ4n) is 3.73. The third kappa shape index (κ3) is 3.96. The van der Waals surface area contributed by atoms with Crippen LogP contribution in [0.2, 0.25) is 5.15 Å². The van der Waals surface area contributed by atoms with Gasteiger partial charge in [0.1, 0.15) is 5.15 Å². The summed E-state index contributed by atoms with van der Waals surface area (Å²) in [6.45, 7) is 4.76. The molecule has 1 fully saturated rings. The van der Waals surface area contributed by atoms with Crippen LogP contribution in [-0.2, 0) is 11.3 Å². The Bertz CT molecular complexity index is 1140. The summed E-state index contributed by atoms with van der Waals surface area (Å²) in [4.78, 5) is 16.4. The summed E-state index contributed by atoms with van der Waals surface area (Å²) in [6, 6.07) is 13.9. The van der Waals surface area contributed by atoms with Gasteiger partial charge in [0.2, 0.25) is 0 Å². The molecule has 6 heteroatoms. The van der Waals surface area contributed by atoms with Crippen LogP contribution in [0.5, 0.6) is 0 Å². The average Bonchev–Trinajstić information content (AvgIpc) is 3.55. The minimum Gasteiger partial charge on any atom is -0.462 e. The molecule has 30 heavy (non-hydrogen) atoms. The van der Waals surface area contributed by atoms with Gasteiger partial charge in [0.25, 0.3) is 0 Å². The molecule has 2 aromatic heterocycles. The van der Waals surface area contributed by atoms with Crippen molar-refractivity contribution in [2.24, 2.45) is 0 Å². The summed E-state index contributed by atoms with van der Waals surface area (Å²) in [5, 5.41) is 9.21. The van der Waals surface area contributed by atoms with E-state index < -0.39 is 5.97 Å². The maximum atomic E-state index is 12.2.